The van der Waals surface area contributed by atoms with Crippen molar-refractivity contribution in [2.75, 3.05) is 5.73 Å². The lowest BCUT2D eigenvalue weighted by atomic mass is 10.3. The van der Waals surface area contributed by atoms with Gasteiger partial charge in [0.1, 0.15) is 5.82 Å². The molecule has 0 aliphatic carbocycles. The lowest BCUT2D eigenvalue weighted by Gasteiger charge is -2.01. The Kier molecular flexibility index (Phi) is 3.70. The maximum absolute atomic E-state index is 5.98. The Balaban J connectivity index is 2.16. The molecule has 2 aromatic heterocycles. The summed E-state index contributed by atoms with van der Waals surface area (Å²) >= 11 is 2.22. The number of rotatable bonds is 4. The number of anilines is 1. The summed E-state index contributed by atoms with van der Waals surface area (Å²) in [6.45, 7) is 5.73. The third kappa shape index (κ3) is 2.62. The summed E-state index contributed by atoms with van der Waals surface area (Å²) in [5.41, 5.74) is 8.09. The molecule has 0 unspecified atom stereocenters. The van der Waals surface area contributed by atoms with Crippen LogP contribution in [0.15, 0.2) is 12.4 Å². The number of halogens is 1. The Bertz CT molecular complexity index is 514. The molecule has 0 saturated heterocycles. The molecule has 5 nitrogen and oxygen atoms in total. The van der Waals surface area contributed by atoms with E-state index in [1.54, 1.807) is 0 Å². The molecule has 2 N–H and O–H groups in total. The van der Waals surface area contributed by atoms with E-state index in [0.29, 0.717) is 6.54 Å². The third-order valence-corrected chi connectivity index (χ3v) is 3.90. The van der Waals surface area contributed by atoms with E-state index in [0.717, 1.165) is 33.6 Å². The molecule has 0 spiro atoms. The van der Waals surface area contributed by atoms with Crippen LogP contribution in [0.1, 0.15) is 24.6 Å². The molecule has 92 valence electrons. The molecule has 0 aliphatic rings. The minimum absolute atomic E-state index is 0.680. The number of nitrogen functional groups attached to an aromatic ring is 1. The fourth-order valence-electron chi connectivity index (χ4n) is 1.71. The second kappa shape index (κ2) is 5.07. The fourth-order valence-corrected chi connectivity index (χ4v) is 2.10. The lowest BCUT2D eigenvalue weighted by Crippen LogP contribution is -2.06. The maximum Gasteiger partial charge on any atom is 0.135 e. The zero-order valence-electron chi connectivity index (χ0n) is 10.0. The Labute approximate surface area is 114 Å². The Morgan fingerprint density at radius 3 is 2.82 bits per heavy atom. The predicted octanol–water partition coefficient (Wildman–Crippen LogP) is 2.03. The summed E-state index contributed by atoms with van der Waals surface area (Å²) in [6.07, 6.45) is 5.01. The summed E-state index contributed by atoms with van der Waals surface area (Å²) in [7, 11) is 0. The standard InChI is InChI=1S/C11H16IN5/c1-3-4-16-6-9(5-14-16)7-17-11(13)10(12)8(2)15-17/h5-6H,3-4,7,13H2,1-2H3. The minimum atomic E-state index is 0.680. The van der Waals surface area contributed by atoms with E-state index >= 15 is 0 Å². The largest absolute Gasteiger partial charge is 0.383 e. The molecule has 6 heteroatoms. The van der Waals surface area contributed by atoms with Crippen LogP contribution < -0.4 is 5.73 Å². The summed E-state index contributed by atoms with van der Waals surface area (Å²) in [5, 5.41) is 8.70. The predicted molar refractivity (Wildman–Crippen MR) is 75.7 cm³/mol. The van der Waals surface area contributed by atoms with Crippen molar-refractivity contribution in [3.63, 3.8) is 0 Å². The van der Waals surface area contributed by atoms with E-state index < -0.39 is 0 Å². The van der Waals surface area contributed by atoms with Gasteiger partial charge in [0.25, 0.3) is 0 Å². The van der Waals surface area contributed by atoms with E-state index in [2.05, 4.69) is 39.7 Å². The van der Waals surface area contributed by atoms with Gasteiger partial charge < -0.3 is 5.73 Å². The van der Waals surface area contributed by atoms with Crippen LogP contribution in [-0.4, -0.2) is 19.6 Å². The van der Waals surface area contributed by atoms with Crippen molar-refractivity contribution < 1.29 is 0 Å². The molecular weight excluding hydrogens is 329 g/mol. The number of aromatic nitrogens is 4. The summed E-state index contributed by atoms with van der Waals surface area (Å²) in [6, 6.07) is 0. The fraction of sp³-hybridized carbons (Fsp3) is 0.455. The zero-order chi connectivity index (χ0) is 12.4. The smallest absolute Gasteiger partial charge is 0.135 e. The van der Waals surface area contributed by atoms with Gasteiger partial charge in [-0.3, -0.25) is 4.68 Å². The van der Waals surface area contributed by atoms with Gasteiger partial charge in [-0.15, -0.1) is 0 Å². The van der Waals surface area contributed by atoms with Crippen molar-refractivity contribution in [3.05, 3.63) is 27.2 Å². The van der Waals surface area contributed by atoms with E-state index in [-0.39, 0.29) is 0 Å². The molecule has 0 saturated carbocycles. The van der Waals surface area contributed by atoms with E-state index in [1.165, 1.54) is 0 Å². The van der Waals surface area contributed by atoms with Crippen molar-refractivity contribution >= 4 is 28.4 Å². The SMILES string of the molecule is CCCn1cc(Cn2nc(C)c(I)c2N)cn1. The first-order chi connectivity index (χ1) is 8.11. The van der Waals surface area contributed by atoms with Crippen LogP contribution in [0.5, 0.6) is 0 Å². The quantitative estimate of drug-likeness (QED) is 0.863. The van der Waals surface area contributed by atoms with Crippen LogP contribution in [0.4, 0.5) is 5.82 Å². The highest BCUT2D eigenvalue weighted by Gasteiger charge is 2.10. The topological polar surface area (TPSA) is 61.7 Å². The van der Waals surface area contributed by atoms with Gasteiger partial charge in [0.2, 0.25) is 0 Å². The molecule has 0 bridgehead atoms. The normalized spacial score (nSPS) is 11.0. The number of aryl methyl sites for hydroxylation is 2. The zero-order valence-corrected chi connectivity index (χ0v) is 12.2. The summed E-state index contributed by atoms with van der Waals surface area (Å²) in [5.74, 6) is 0.728. The first kappa shape index (κ1) is 12.4. The maximum atomic E-state index is 5.98. The van der Waals surface area contributed by atoms with Gasteiger partial charge in [-0.2, -0.15) is 10.2 Å². The van der Waals surface area contributed by atoms with E-state index in [4.69, 9.17) is 5.73 Å². The van der Waals surface area contributed by atoms with Crippen LogP contribution >= 0.6 is 22.6 Å². The average molecular weight is 345 g/mol. The van der Waals surface area contributed by atoms with Crippen molar-refractivity contribution in [1.29, 1.82) is 0 Å². The molecular formula is C11H16IN5. The van der Waals surface area contributed by atoms with Crippen LogP contribution in [0.3, 0.4) is 0 Å². The van der Waals surface area contributed by atoms with Crippen LogP contribution in [0.2, 0.25) is 0 Å². The van der Waals surface area contributed by atoms with Gasteiger partial charge in [0, 0.05) is 18.3 Å². The van der Waals surface area contributed by atoms with Gasteiger partial charge in [0.05, 0.1) is 22.0 Å². The van der Waals surface area contributed by atoms with E-state index in [9.17, 15) is 0 Å². The highest BCUT2D eigenvalue weighted by atomic mass is 127. The number of hydrogen-bond acceptors (Lipinski definition) is 3. The van der Waals surface area contributed by atoms with Gasteiger partial charge in [-0.25, -0.2) is 4.68 Å². The molecule has 17 heavy (non-hydrogen) atoms. The highest BCUT2D eigenvalue weighted by molar-refractivity contribution is 14.1. The molecule has 0 atom stereocenters. The van der Waals surface area contributed by atoms with Crippen molar-refractivity contribution in [1.82, 2.24) is 19.6 Å². The minimum Gasteiger partial charge on any atom is -0.383 e. The Morgan fingerprint density at radius 1 is 1.47 bits per heavy atom. The monoisotopic (exact) mass is 345 g/mol. The van der Waals surface area contributed by atoms with E-state index in [1.807, 2.05) is 28.7 Å². The summed E-state index contributed by atoms with van der Waals surface area (Å²) in [4.78, 5) is 0. The molecule has 0 fully saturated rings. The van der Waals surface area contributed by atoms with Gasteiger partial charge in [0.15, 0.2) is 0 Å². The Morgan fingerprint density at radius 2 is 2.24 bits per heavy atom. The molecule has 0 amide bonds. The highest BCUT2D eigenvalue weighted by Crippen LogP contribution is 2.19. The number of nitrogens with zero attached hydrogens (tertiary/aromatic N) is 4. The second-order valence-electron chi connectivity index (χ2n) is 4.05. The first-order valence-corrected chi connectivity index (χ1v) is 6.69. The van der Waals surface area contributed by atoms with Crippen LogP contribution in [0, 0.1) is 10.5 Å². The summed E-state index contributed by atoms with van der Waals surface area (Å²) < 4.78 is 4.81. The van der Waals surface area contributed by atoms with Gasteiger partial charge in [-0.05, 0) is 35.9 Å². The molecule has 2 aromatic rings. The Hall–Kier alpha value is -1.05. The average Bonchev–Trinajstić information content (AvgIpc) is 2.82. The molecule has 2 heterocycles. The lowest BCUT2D eigenvalue weighted by molar-refractivity contribution is 0.601. The number of nitrogens with two attached hydrogens (primary N) is 1. The van der Waals surface area contributed by atoms with Crippen LogP contribution in [-0.2, 0) is 13.1 Å². The van der Waals surface area contributed by atoms with Crippen molar-refractivity contribution in [3.8, 4) is 0 Å². The van der Waals surface area contributed by atoms with Crippen molar-refractivity contribution in [2.45, 2.75) is 33.4 Å². The molecule has 2 rings (SSSR count). The second-order valence-corrected chi connectivity index (χ2v) is 5.13. The first-order valence-electron chi connectivity index (χ1n) is 5.61. The third-order valence-electron chi connectivity index (χ3n) is 2.56. The van der Waals surface area contributed by atoms with Gasteiger partial charge in [-0.1, -0.05) is 6.92 Å². The van der Waals surface area contributed by atoms with Gasteiger partial charge >= 0.3 is 0 Å². The number of hydrogen-bond donors (Lipinski definition) is 1. The molecule has 0 aromatic carbocycles. The molecule has 0 aliphatic heterocycles. The van der Waals surface area contributed by atoms with Crippen LogP contribution in [0.25, 0.3) is 0 Å². The van der Waals surface area contributed by atoms with Crippen molar-refractivity contribution in [2.24, 2.45) is 0 Å². The molecule has 0 radical (unpaired) electrons.